The standard InChI is InChI=1S/C24H36N4O2/c1-5-25-23(26-15-7-9-17-28-16-8-6-10-22(28)30)27-18-21(29)19-11-13-20(14-12-19)24(2,3)4/h6,8,10-14,16,21,29H,5,7,9,15,17-18H2,1-4H3,(H2,25,26,27). The summed E-state index contributed by atoms with van der Waals surface area (Å²) >= 11 is 0. The number of aliphatic hydroxyl groups excluding tert-OH is 1. The van der Waals surface area contributed by atoms with Gasteiger partial charge in [-0.1, -0.05) is 51.1 Å². The van der Waals surface area contributed by atoms with E-state index in [0.717, 1.165) is 31.5 Å². The van der Waals surface area contributed by atoms with E-state index < -0.39 is 6.10 Å². The van der Waals surface area contributed by atoms with E-state index in [4.69, 9.17) is 0 Å². The molecular weight excluding hydrogens is 376 g/mol. The van der Waals surface area contributed by atoms with Crippen LogP contribution in [0.25, 0.3) is 0 Å². The van der Waals surface area contributed by atoms with Crippen molar-refractivity contribution >= 4 is 5.96 Å². The van der Waals surface area contributed by atoms with Crippen LogP contribution in [-0.2, 0) is 12.0 Å². The van der Waals surface area contributed by atoms with Crippen LogP contribution in [0.3, 0.4) is 0 Å². The second-order valence-corrected chi connectivity index (χ2v) is 8.47. The Morgan fingerprint density at radius 2 is 1.83 bits per heavy atom. The maximum atomic E-state index is 11.7. The zero-order chi connectivity index (χ0) is 22.0. The number of aliphatic imine (C=N–C) groups is 1. The molecule has 0 amide bonds. The summed E-state index contributed by atoms with van der Waals surface area (Å²) in [6.07, 6.45) is 3.00. The Morgan fingerprint density at radius 3 is 2.47 bits per heavy atom. The Labute approximate surface area is 180 Å². The first-order valence-corrected chi connectivity index (χ1v) is 10.8. The number of hydrogen-bond donors (Lipinski definition) is 3. The van der Waals surface area contributed by atoms with Crippen LogP contribution >= 0.6 is 0 Å². The molecule has 1 atom stereocenters. The van der Waals surface area contributed by atoms with E-state index in [1.54, 1.807) is 16.7 Å². The smallest absolute Gasteiger partial charge is 0.250 e. The minimum absolute atomic E-state index is 0.0323. The second kappa shape index (κ2) is 11.6. The van der Waals surface area contributed by atoms with Crippen molar-refractivity contribution in [2.75, 3.05) is 19.6 Å². The molecule has 0 aliphatic rings. The molecule has 6 heteroatoms. The molecule has 2 rings (SSSR count). The van der Waals surface area contributed by atoms with Gasteiger partial charge in [0.05, 0.1) is 12.6 Å². The molecule has 0 aliphatic heterocycles. The third-order valence-electron chi connectivity index (χ3n) is 4.95. The molecule has 0 aliphatic carbocycles. The lowest BCUT2D eigenvalue weighted by Crippen LogP contribution is -2.38. The fraction of sp³-hybridized carbons (Fsp3) is 0.500. The molecule has 0 radical (unpaired) electrons. The fourth-order valence-electron chi connectivity index (χ4n) is 3.09. The van der Waals surface area contributed by atoms with Crippen LogP contribution in [-0.4, -0.2) is 35.3 Å². The molecule has 2 aromatic rings. The third-order valence-corrected chi connectivity index (χ3v) is 4.95. The highest BCUT2D eigenvalue weighted by Gasteiger charge is 2.14. The van der Waals surface area contributed by atoms with Crippen LogP contribution in [0.15, 0.2) is 58.4 Å². The van der Waals surface area contributed by atoms with Gasteiger partial charge in [0.25, 0.3) is 0 Å². The number of aliphatic hydroxyl groups is 1. The van der Waals surface area contributed by atoms with E-state index in [2.05, 4.69) is 48.5 Å². The third kappa shape index (κ3) is 7.67. The Hall–Kier alpha value is -2.60. The monoisotopic (exact) mass is 412 g/mol. The number of nitrogens with one attached hydrogen (secondary N) is 2. The minimum Gasteiger partial charge on any atom is -0.386 e. The van der Waals surface area contributed by atoms with Crippen molar-refractivity contribution in [3.8, 4) is 0 Å². The van der Waals surface area contributed by atoms with Gasteiger partial charge in [0.1, 0.15) is 0 Å². The number of aryl methyl sites for hydroxylation is 1. The summed E-state index contributed by atoms with van der Waals surface area (Å²) in [5.74, 6) is 0.694. The van der Waals surface area contributed by atoms with Crippen LogP contribution in [0.2, 0.25) is 0 Å². The van der Waals surface area contributed by atoms with Crippen molar-refractivity contribution in [3.63, 3.8) is 0 Å². The van der Waals surface area contributed by atoms with E-state index >= 15 is 0 Å². The molecule has 0 saturated heterocycles. The number of rotatable bonds is 9. The molecular formula is C24H36N4O2. The van der Waals surface area contributed by atoms with Gasteiger partial charge in [0, 0.05) is 31.9 Å². The topological polar surface area (TPSA) is 78.7 Å². The molecule has 1 unspecified atom stereocenters. The zero-order valence-corrected chi connectivity index (χ0v) is 18.7. The highest BCUT2D eigenvalue weighted by Crippen LogP contribution is 2.24. The van der Waals surface area contributed by atoms with Crippen molar-refractivity contribution in [2.24, 2.45) is 4.99 Å². The maximum absolute atomic E-state index is 11.7. The van der Waals surface area contributed by atoms with Gasteiger partial charge >= 0.3 is 0 Å². The lowest BCUT2D eigenvalue weighted by Gasteiger charge is -2.20. The first-order chi connectivity index (χ1) is 14.3. The van der Waals surface area contributed by atoms with Gasteiger partial charge in [-0.15, -0.1) is 0 Å². The van der Waals surface area contributed by atoms with Crippen LogP contribution in [0.1, 0.15) is 57.8 Å². The van der Waals surface area contributed by atoms with E-state index in [1.165, 1.54) is 5.56 Å². The minimum atomic E-state index is -0.639. The van der Waals surface area contributed by atoms with Crippen molar-refractivity contribution in [1.29, 1.82) is 0 Å². The number of guanidine groups is 1. The molecule has 6 nitrogen and oxygen atoms in total. The molecule has 164 valence electrons. The number of nitrogens with zero attached hydrogens (tertiary/aromatic N) is 2. The largest absolute Gasteiger partial charge is 0.386 e. The van der Waals surface area contributed by atoms with Crippen molar-refractivity contribution in [1.82, 2.24) is 15.2 Å². The predicted octanol–water partition coefficient (Wildman–Crippen LogP) is 3.21. The summed E-state index contributed by atoms with van der Waals surface area (Å²) in [5.41, 5.74) is 2.24. The first kappa shape index (κ1) is 23.7. The number of pyridine rings is 1. The SMILES string of the molecule is CCNC(=NCC(O)c1ccc(C(C)(C)C)cc1)NCCCCn1ccccc1=O. The van der Waals surface area contributed by atoms with Gasteiger partial charge in [-0.25, -0.2) is 0 Å². The highest BCUT2D eigenvalue weighted by atomic mass is 16.3. The van der Waals surface area contributed by atoms with E-state index in [-0.39, 0.29) is 11.0 Å². The van der Waals surface area contributed by atoms with Crippen LogP contribution in [0.5, 0.6) is 0 Å². The summed E-state index contributed by atoms with van der Waals surface area (Å²) < 4.78 is 1.72. The van der Waals surface area contributed by atoms with Crippen molar-refractivity contribution in [3.05, 3.63) is 70.1 Å². The maximum Gasteiger partial charge on any atom is 0.250 e. The van der Waals surface area contributed by atoms with Gasteiger partial charge in [0.15, 0.2) is 5.96 Å². The summed E-state index contributed by atoms with van der Waals surface area (Å²) in [7, 11) is 0. The quantitative estimate of drug-likeness (QED) is 0.336. The molecule has 0 saturated carbocycles. The number of unbranched alkanes of at least 4 members (excludes halogenated alkanes) is 1. The Bertz CT molecular complexity index is 850. The van der Waals surface area contributed by atoms with Crippen LogP contribution in [0, 0.1) is 0 Å². The molecule has 0 spiro atoms. The van der Waals surface area contributed by atoms with Crippen LogP contribution in [0.4, 0.5) is 0 Å². The lowest BCUT2D eigenvalue weighted by molar-refractivity contribution is 0.187. The molecule has 30 heavy (non-hydrogen) atoms. The van der Waals surface area contributed by atoms with Gasteiger partial charge in [-0.3, -0.25) is 9.79 Å². The zero-order valence-electron chi connectivity index (χ0n) is 18.7. The molecule has 0 fully saturated rings. The van der Waals surface area contributed by atoms with Crippen molar-refractivity contribution < 1.29 is 5.11 Å². The Balaban J connectivity index is 1.81. The summed E-state index contributed by atoms with van der Waals surface area (Å²) in [6.45, 7) is 11.0. The van der Waals surface area contributed by atoms with Gasteiger partial charge in [-0.2, -0.15) is 0 Å². The average Bonchev–Trinajstić information content (AvgIpc) is 2.72. The number of aromatic nitrogens is 1. The molecule has 1 aromatic heterocycles. The molecule has 1 aromatic carbocycles. The lowest BCUT2D eigenvalue weighted by atomic mass is 9.86. The Kier molecular flexibility index (Phi) is 9.12. The Morgan fingerprint density at radius 1 is 1.10 bits per heavy atom. The van der Waals surface area contributed by atoms with E-state index in [1.807, 2.05) is 31.3 Å². The predicted molar refractivity (Wildman–Crippen MR) is 124 cm³/mol. The average molecular weight is 413 g/mol. The summed E-state index contributed by atoms with van der Waals surface area (Å²) in [4.78, 5) is 16.2. The van der Waals surface area contributed by atoms with Crippen molar-refractivity contribution in [2.45, 2.75) is 58.6 Å². The van der Waals surface area contributed by atoms with E-state index in [9.17, 15) is 9.90 Å². The van der Waals surface area contributed by atoms with E-state index in [0.29, 0.717) is 19.0 Å². The fourth-order valence-corrected chi connectivity index (χ4v) is 3.09. The summed E-state index contributed by atoms with van der Waals surface area (Å²) in [6, 6.07) is 13.3. The molecule has 3 N–H and O–H groups in total. The first-order valence-electron chi connectivity index (χ1n) is 10.8. The van der Waals surface area contributed by atoms with Gasteiger partial charge < -0.3 is 20.3 Å². The summed E-state index contributed by atoms with van der Waals surface area (Å²) in [5, 5.41) is 17.0. The van der Waals surface area contributed by atoms with Gasteiger partial charge in [-0.05, 0) is 42.4 Å². The molecule has 1 heterocycles. The number of hydrogen-bond acceptors (Lipinski definition) is 3. The highest BCUT2D eigenvalue weighted by molar-refractivity contribution is 5.79. The second-order valence-electron chi connectivity index (χ2n) is 8.47. The number of benzene rings is 1. The van der Waals surface area contributed by atoms with Gasteiger partial charge in [0.2, 0.25) is 5.56 Å². The van der Waals surface area contributed by atoms with Crippen LogP contribution < -0.4 is 16.2 Å². The normalized spacial score (nSPS) is 13.2. The molecule has 0 bridgehead atoms.